The highest BCUT2D eigenvalue weighted by molar-refractivity contribution is 6.19. The molecule has 1 heterocycles. The lowest BCUT2D eigenvalue weighted by atomic mass is 9.83. The molecule has 6 nitrogen and oxygen atoms in total. The largest absolute Gasteiger partial charge is 0.462 e. The summed E-state index contributed by atoms with van der Waals surface area (Å²) in [6, 6.07) is 16.2. The van der Waals surface area contributed by atoms with Crippen molar-refractivity contribution in [3.05, 3.63) is 65.2 Å². The molecule has 6 heteroatoms. The third kappa shape index (κ3) is 4.52. The molecule has 0 radical (unpaired) electrons. The van der Waals surface area contributed by atoms with E-state index in [1.165, 1.54) is 0 Å². The molecule has 2 aromatic carbocycles. The first-order valence-electron chi connectivity index (χ1n) is 9.50. The number of carbonyl (C=O) groups is 2. The topological polar surface area (TPSA) is 91.5 Å². The predicted octanol–water partition coefficient (Wildman–Crippen LogP) is 3.77. The number of nitrogens with zero attached hydrogens (tertiary/aromatic N) is 2. The summed E-state index contributed by atoms with van der Waals surface area (Å²) in [5, 5.41) is 12.5. The number of hydrogen-bond acceptors (Lipinski definition) is 5. The smallest absolute Gasteiger partial charge is 0.338 e. The predicted molar refractivity (Wildman–Crippen MR) is 111 cm³/mol. The summed E-state index contributed by atoms with van der Waals surface area (Å²) in [6.45, 7) is 6.01. The van der Waals surface area contributed by atoms with E-state index in [0.717, 1.165) is 17.5 Å². The van der Waals surface area contributed by atoms with Crippen molar-refractivity contribution in [1.82, 2.24) is 0 Å². The molecule has 2 aromatic rings. The molecule has 0 aliphatic carbocycles. The molecule has 0 saturated heterocycles. The van der Waals surface area contributed by atoms with E-state index in [1.54, 1.807) is 31.2 Å². The number of fused-ring (bicyclic) bond motifs is 1. The van der Waals surface area contributed by atoms with Gasteiger partial charge in [0.2, 0.25) is 5.91 Å². The van der Waals surface area contributed by atoms with Gasteiger partial charge in [-0.2, -0.15) is 5.26 Å². The Morgan fingerprint density at radius 1 is 1.21 bits per heavy atom. The van der Waals surface area contributed by atoms with Crippen molar-refractivity contribution < 1.29 is 14.3 Å². The molecule has 0 aromatic heterocycles. The monoisotopic (exact) mass is 389 g/mol. The van der Waals surface area contributed by atoms with Crippen LogP contribution in [0.4, 0.5) is 5.69 Å². The minimum Gasteiger partial charge on any atom is -0.462 e. The maximum absolute atomic E-state index is 12.9. The van der Waals surface area contributed by atoms with Crippen LogP contribution in [0, 0.1) is 17.2 Å². The standard InChI is InChI=1S/C23H23N3O3/c1-4-29-22(28)15-9-11-17(12-10-15)25-21(27)19(14-24)20-18-8-6-5-7-16(18)13-23(2,3)26-20/h5-12,19H,4,13H2,1-3H3,(H,25,27). The fraction of sp³-hybridized carbons (Fsp3) is 0.304. The Bertz CT molecular complexity index is 1000. The van der Waals surface area contributed by atoms with Crippen LogP contribution in [0.1, 0.15) is 42.3 Å². The highest BCUT2D eigenvalue weighted by atomic mass is 16.5. The third-order valence-electron chi connectivity index (χ3n) is 4.67. The number of hydrogen-bond donors (Lipinski definition) is 1. The number of anilines is 1. The van der Waals surface area contributed by atoms with E-state index in [1.807, 2.05) is 38.1 Å². The second-order valence-electron chi connectivity index (χ2n) is 7.49. The fourth-order valence-electron chi connectivity index (χ4n) is 3.40. The second-order valence-corrected chi connectivity index (χ2v) is 7.49. The van der Waals surface area contributed by atoms with Gasteiger partial charge in [0, 0.05) is 11.3 Å². The molecule has 0 spiro atoms. The number of aliphatic imine (C=N–C) groups is 1. The molecule has 1 unspecified atom stereocenters. The average Bonchev–Trinajstić information content (AvgIpc) is 2.68. The molecule has 1 amide bonds. The zero-order valence-electron chi connectivity index (χ0n) is 16.7. The van der Waals surface area contributed by atoms with Gasteiger partial charge < -0.3 is 10.1 Å². The van der Waals surface area contributed by atoms with E-state index in [4.69, 9.17) is 9.73 Å². The zero-order valence-corrected chi connectivity index (χ0v) is 16.7. The molecular weight excluding hydrogens is 366 g/mol. The lowest BCUT2D eigenvalue weighted by Crippen LogP contribution is -2.36. The quantitative estimate of drug-likeness (QED) is 0.788. The number of nitrogens with one attached hydrogen (secondary N) is 1. The highest BCUT2D eigenvalue weighted by Gasteiger charge is 2.33. The Balaban J connectivity index is 1.83. The summed E-state index contributed by atoms with van der Waals surface area (Å²) in [7, 11) is 0. The van der Waals surface area contributed by atoms with E-state index in [0.29, 0.717) is 23.6 Å². The maximum Gasteiger partial charge on any atom is 0.338 e. The Kier molecular flexibility index (Phi) is 5.79. The van der Waals surface area contributed by atoms with E-state index in [-0.39, 0.29) is 5.54 Å². The number of rotatable bonds is 5. The van der Waals surface area contributed by atoms with Crippen molar-refractivity contribution in [2.24, 2.45) is 10.9 Å². The van der Waals surface area contributed by atoms with Gasteiger partial charge in [-0.05, 0) is 57.0 Å². The number of esters is 1. The van der Waals surface area contributed by atoms with Crippen LogP contribution in [-0.2, 0) is 16.0 Å². The van der Waals surface area contributed by atoms with E-state index in [2.05, 4.69) is 11.4 Å². The first-order valence-corrected chi connectivity index (χ1v) is 9.50. The van der Waals surface area contributed by atoms with Crippen molar-refractivity contribution in [3.8, 4) is 6.07 Å². The number of amides is 1. The van der Waals surface area contributed by atoms with Crippen molar-refractivity contribution in [2.45, 2.75) is 32.7 Å². The van der Waals surface area contributed by atoms with Crippen LogP contribution >= 0.6 is 0 Å². The van der Waals surface area contributed by atoms with Crippen LogP contribution in [0.5, 0.6) is 0 Å². The van der Waals surface area contributed by atoms with Gasteiger partial charge in [0.1, 0.15) is 0 Å². The second kappa shape index (κ2) is 8.27. The van der Waals surface area contributed by atoms with Crippen molar-refractivity contribution >= 4 is 23.3 Å². The molecule has 1 N–H and O–H groups in total. The van der Waals surface area contributed by atoms with Crippen molar-refractivity contribution in [2.75, 3.05) is 11.9 Å². The van der Waals surface area contributed by atoms with Crippen LogP contribution in [0.2, 0.25) is 0 Å². The van der Waals surface area contributed by atoms with Gasteiger partial charge in [-0.15, -0.1) is 0 Å². The highest BCUT2D eigenvalue weighted by Crippen LogP contribution is 2.29. The van der Waals surface area contributed by atoms with Gasteiger partial charge in [-0.25, -0.2) is 4.79 Å². The Hall–Kier alpha value is -3.46. The molecule has 1 atom stereocenters. The molecule has 3 rings (SSSR count). The molecule has 1 aliphatic heterocycles. The Labute approximate surface area is 170 Å². The summed E-state index contributed by atoms with van der Waals surface area (Å²) in [4.78, 5) is 29.3. The van der Waals surface area contributed by atoms with Crippen LogP contribution in [-0.4, -0.2) is 29.7 Å². The van der Waals surface area contributed by atoms with Gasteiger partial charge in [-0.3, -0.25) is 9.79 Å². The minimum atomic E-state index is -1.04. The van der Waals surface area contributed by atoms with Gasteiger partial charge >= 0.3 is 5.97 Å². The molecule has 0 fully saturated rings. The first kappa shape index (κ1) is 20.3. The summed E-state index contributed by atoms with van der Waals surface area (Å²) >= 11 is 0. The number of nitriles is 1. The third-order valence-corrected chi connectivity index (χ3v) is 4.67. The lowest BCUT2D eigenvalue weighted by Gasteiger charge is -2.30. The van der Waals surface area contributed by atoms with Gasteiger partial charge in [0.25, 0.3) is 0 Å². The molecule has 0 saturated carbocycles. The fourth-order valence-corrected chi connectivity index (χ4v) is 3.40. The molecular formula is C23H23N3O3. The van der Waals surface area contributed by atoms with Crippen molar-refractivity contribution in [1.29, 1.82) is 5.26 Å². The number of ether oxygens (including phenoxy) is 1. The molecule has 0 bridgehead atoms. The van der Waals surface area contributed by atoms with Crippen LogP contribution in [0.25, 0.3) is 0 Å². The van der Waals surface area contributed by atoms with E-state index in [9.17, 15) is 14.9 Å². The Morgan fingerprint density at radius 3 is 2.55 bits per heavy atom. The number of benzene rings is 2. The molecule has 1 aliphatic rings. The average molecular weight is 389 g/mol. The first-order chi connectivity index (χ1) is 13.8. The van der Waals surface area contributed by atoms with Gasteiger partial charge in [0.15, 0.2) is 5.92 Å². The summed E-state index contributed by atoms with van der Waals surface area (Å²) in [5.41, 5.74) is 2.90. The summed E-state index contributed by atoms with van der Waals surface area (Å²) < 4.78 is 4.95. The normalized spacial score (nSPS) is 15.3. The van der Waals surface area contributed by atoms with E-state index < -0.39 is 17.8 Å². The number of carbonyl (C=O) groups excluding carboxylic acids is 2. The molecule has 29 heavy (non-hydrogen) atoms. The maximum atomic E-state index is 12.9. The minimum absolute atomic E-state index is 0.293. The zero-order chi connectivity index (χ0) is 21.0. The summed E-state index contributed by atoms with van der Waals surface area (Å²) in [6.07, 6.45) is 0.752. The van der Waals surface area contributed by atoms with Crippen LogP contribution in [0.15, 0.2) is 53.5 Å². The van der Waals surface area contributed by atoms with E-state index >= 15 is 0 Å². The lowest BCUT2D eigenvalue weighted by molar-refractivity contribution is -0.116. The molecule has 148 valence electrons. The SMILES string of the molecule is CCOC(=O)c1ccc(NC(=O)C(C#N)C2=NC(C)(C)Cc3ccccc32)cc1. The van der Waals surface area contributed by atoms with Crippen LogP contribution < -0.4 is 5.32 Å². The summed E-state index contributed by atoms with van der Waals surface area (Å²) in [5.74, 6) is -1.92. The Morgan fingerprint density at radius 2 is 1.90 bits per heavy atom. The van der Waals surface area contributed by atoms with Gasteiger partial charge in [-0.1, -0.05) is 24.3 Å². The van der Waals surface area contributed by atoms with Crippen LogP contribution in [0.3, 0.4) is 0 Å². The van der Waals surface area contributed by atoms with Gasteiger partial charge in [0.05, 0.1) is 29.5 Å². The van der Waals surface area contributed by atoms with Crippen molar-refractivity contribution in [3.63, 3.8) is 0 Å².